The van der Waals surface area contributed by atoms with Crippen LogP contribution in [0.1, 0.15) is 16.7 Å². The van der Waals surface area contributed by atoms with Crippen LogP contribution in [-0.4, -0.2) is 24.6 Å². The van der Waals surface area contributed by atoms with Crippen LogP contribution >= 0.6 is 24.0 Å². The Morgan fingerprint density at radius 1 is 1.15 bits per heavy atom. The number of benzene rings is 2. The van der Waals surface area contributed by atoms with Crippen LogP contribution in [0.25, 0.3) is 10.9 Å². The maximum absolute atomic E-state index is 6.04. The van der Waals surface area contributed by atoms with Crippen molar-refractivity contribution in [2.75, 3.05) is 19.0 Å². The van der Waals surface area contributed by atoms with E-state index in [0.29, 0.717) is 19.1 Å². The second kappa shape index (κ2) is 9.59. The largest absolute Gasteiger partial charge is 0.380 e. The number of nitrogens with zero attached hydrogens (tertiary/aromatic N) is 1. The molecule has 0 aliphatic carbocycles. The van der Waals surface area contributed by atoms with Gasteiger partial charge in [-0.1, -0.05) is 36.4 Å². The standard InChI is InChI=1S/C20H24N4O.HI/c1-14-6-5-8-17-15(12-23-19(14)17)10-11-22-20(21)24-18-9-4-3-7-16(18)13-25-2;/h3-9,12,23H,10-11,13H2,1-2H3,(H3,21,22,24);1H. The molecule has 0 bridgehead atoms. The monoisotopic (exact) mass is 464 g/mol. The van der Waals surface area contributed by atoms with Crippen LogP contribution in [0, 0.1) is 6.92 Å². The van der Waals surface area contributed by atoms with Gasteiger partial charge in [0.05, 0.1) is 6.61 Å². The fourth-order valence-corrected chi connectivity index (χ4v) is 2.97. The molecule has 0 saturated carbocycles. The predicted octanol–water partition coefficient (Wildman–Crippen LogP) is 4.21. The minimum absolute atomic E-state index is 0. The van der Waals surface area contributed by atoms with Crippen molar-refractivity contribution in [2.24, 2.45) is 10.7 Å². The van der Waals surface area contributed by atoms with Gasteiger partial charge in [-0.2, -0.15) is 0 Å². The van der Waals surface area contributed by atoms with Crippen molar-refractivity contribution in [3.63, 3.8) is 0 Å². The summed E-state index contributed by atoms with van der Waals surface area (Å²) in [5.74, 6) is 0.416. The van der Waals surface area contributed by atoms with E-state index in [0.717, 1.165) is 17.7 Å². The van der Waals surface area contributed by atoms with E-state index < -0.39 is 0 Å². The molecule has 26 heavy (non-hydrogen) atoms. The van der Waals surface area contributed by atoms with Gasteiger partial charge < -0.3 is 20.8 Å². The summed E-state index contributed by atoms with van der Waals surface area (Å²) in [6.45, 7) is 3.28. The number of nitrogens with two attached hydrogens (primary N) is 1. The van der Waals surface area contributed by atoms with Crippen molar-refractivity contribution in [1.82, 2.24) is 4.98 Å². The fraction of sp³-hybridized carbons (Fsp3) is 0.250. The number of aryl methyl sites for hydroxylation is 1. The third-order valence-corrected chi connectivity index (χ3v) is 4.25. The smallest absolute Gasteiger partial charge is 0.193 e. The van der Waals surface area contributed by atoms with Gasteiger partial charge in [-0.05, 0) is 30.5 Å². The summed E-state index contributed by atoms with van der Waals surface area (Å²) in [5, 5.41) is 4.42. The molecule has 3 rings (SSSR count). The van der Waals surface area contributed by atoms with Crippen LogP contribution in [0.15, 0.2) is 53.7 Å². The highest BCUT2D eigenvalue weighted by atomic mass is 127. The Morgan fingerprint density at radius 2 is 1.96 bits per heavy atom. The number of fused-ring (bicyclic) bond motifs is 1. The summed E-state index contributed by atoms with van der Waals surface area (Å²) >= 11 is 0. The number of rotatable bonds is 6. The molecule has 0 radical (unpaired) electrons. The molecule has 1 heterocycles. The first-order chi connectivity index (χ1) is 12.2. The molecule has 2 aromatic carbocycles. The van der Waals surface area contributed by atoms with Gasteiger partial charge in [-0.15, -0.1) is 24.0 Å². The minimum atomic E-state index is 0. The van der Waals surface area contributed by atoms with Crippen LogP contribution in [0.5, 0.6) is 0 Å². The first-order valence-electron chi connectivity index (χ1n) is 8.38. The average Bonchev–Trinajstić information content (AvgIpc) is 3.02. The van der Waals surface area contributed by atoms with Crippen molar-refractivity contribution < 1.29 is 4.74 Å². The van der Waals surface area contributed by atoms with Crippen LogP contribution < -0.4 is 11.1 Å². The Bertz CT molecular complexity index is 888. The number of ether oxygens (including phenoxy) is 1. The Labute approximate surface area is 171 Å². The van der Waals surface area contributed by atoms with Crippen LogP contribution in [0.2, 0.25) is 0 Å². The van der Waals surface area contributed by atoms with Gasteiger partial charge in [0.2, 0.25) is 0 Å². The first kappa shape index (κ1) is 20.3. The summed E-state index contributed by atoms with van der Waals surface area (Å²) in [5.41, 5.74) is 11.7. The van der Waals surface area contributed by atoms with Gasteiger partial charge in [0.25, 0.3) is 0 Å². The Hall–Kier alpha value is -2.06. The van der Waals surface area contributed by atoms with Gasteiger partial charge in [-0.3, -0.25) is 4.99 Å². The fourth-order valence-electron chi connectivity index (χ4n) is 2.97. The van der Waals surface area contributed by atoms with E-state index in [-0.39, 0.29) is 24.0 Å². The van der Waals surface area contributed by atoms with E-state index in [1.165, 1.54) is 22.0 Å². The van der Waals surface area contributed by atoms with E-state index in [2.05, 4.69) is 46.6 Å². The maximum atomic E-state index is 6.04. The maximum Gasteiger partial charge on any atom is 0.193 e. The molecule has 0 amide bonds. The highest BCUT2D eigenvalue weighted by Crippen LogP contribution is 2.21. The normalized spacial score (nSPS) is 11.4. The summed E-state index contributed by atoms with van der Waals surface area (Å²) in [6.07, 6.45) is 2.90. The molecular formula is C20H25IN4O. The third kappa shape index (κ3) is 4.76. The molecule has 5 nitrogen and oxygen atoms in total. The van der Waals surface area contributed by atoms with Crippen LogP contribution in [0.3, 0.4) is 0 Å². The molecule has 6 heteroatoms. The Morgan fingerprint density at radius 3 is 2.77 bits per heavy atom. The number of hydrogen-bond acceptors (Lipinski definition) is 2. The zero-order valence-electron chi connectivity index (χ0n) is 15.1. The number of nitrogens with one attached hydrogen (secondary N) is 2. The lowest BCUT2D eigenvalue weighted by Gasteiger charge is -2.10. The third-order valence-electron chi connectivity index (χ3n) is 4.25. The molecule has 0 unspecified atom stereocenters. The topological polar surface area (TPSA) is 75.4 Å². The predicted molar refractivity (Wildman–Crippen MR) is 119 cm³/mol. The van der Waals surface area contributed by atoms with Crippen LogP contribution in [-0.2, 0) is 17.8 Å². The van der Waals surface area contributed by atoms with E-state index in [4.69, 9.17) is 10.5 Å². The van der Waals surface area contributed by atoms with E-state index in [9.17, 15) is 0 Å². The van der Waals surface area contributed by atoms with Crippen molar-refractivity contribution in [3.05, 3.63) is 65.4 Å². The van der Waals surface area contributed by atoms with Gasteiger partial charge in [0.15, 0.2) is 5.96 Å². The van der Waals surface area contributed by atoms with Gasteiger partial charge in [0.1, 0.15) is 0 Å². The van der Waals surface area contributed by atoms with Gasteiger partial charge >= 0.3 is 0 Å². The van der Waals surface area contributed by atoms with Gasteiger partial charge in [0, 0.05) is 42.0 Å². The number of H-pyrrole nitrogens is 1. The molecule has 4 N–H and O–H groups in total. The highest BCUT2D eigenvalue weighted by molar-refractivity contribution is 14.0. The number of halogens is 1. The number of aromatic nitrogens is 1. The van der Waals surface area contributed by atoms with Crippen molar-refractivity contribution in [1.29, 1.82) is 0 Å². The SMILES string of the molecule is COCc1ccccc1NC(N)=NCCc1c[nH]c2c(C)cccc12.I. The molecule has 138 valence electrons. The van der Waals surface area contributed by atoms with Crippen molar-refractivity contribution >= 4 is 46.5 Å². The molecule has 1 aromatic heterocycles. The summed E-state index contributed by atoms with van der Waals surface area (Å²) in [6, 6.07) is 14.3. The molecule has 0 spiro atoms. The van der Waals surface area contributed by atoms with Crippen molar-refractivity contribution in [2.45, 2.75) is 20.0 Å². The quantitative estimate of drug-likeness (QED) is 0.291. The number of aliphatic imine (C=N–C) groups is 1. The zero-order valence-corrected chi connectivity index (χ0v) is 17.4. The molecule has 0 aliphatic heterocycles. The molecular weight excluding hydrogens is 439 g/mol. The summed E-state index contributed by atoms with van der Waals surface area (Å²) < 4.78 is 5.21. The number of aromatic amines is 1. The molecule has 0 aliphatic rings. The van der Waals surface area contributed by atoms with Crippen molar-refractivity contribution in [3.8, 4) is 0 Å². The highest BCUT2D eigenvalue weighted by Gasteiger charge is 2.05. The lowest BCUT2D eigenvalue weighted by atomic mass is 10.1. The first-order valence-corrected chi connectivity index (χ1v) is 8.38. The van der Waals surface area contributed by atoms with Gasteiger partial charge in [-0.25, -0.2) is 0 Å². The Kier molecular flexibility index (Phi) is 7.47. The van der Waals surface area contributed by atoms with Crippen LogP contribution in [0.4, 0.5) is 5.69 Å². The zero-order chi connectivity index (χ0) is 17.6. The number of guanidine groups is 1. The van der Waals surface area contributed by atoms with E-state index in [1.807, 2.05) is 24.3 Å². The number of hydrogen-bond donors (Lipinski definition) is 3. The second-order valence-electron chi connectivity index (χ2n) is 6.04. The number of para-hydroxylation sites is 2. The Balaban J connectivity index is 0.00000243. The number of anilines is 1. The molecule has 0 fully saturated rings. The van der Waals surface area contributed by atoms with E-state index >= 15 is 0 Å². The summed E-state index contributed by atoms with van der Waals surface area (Å²) in [7, 11) is 1.68. The summed E-state index contributed by atoms with van der Waals surface area (Å²) in [4.78, 5) is 7.80. The molecule has 0 atom stereocenters. The number of methoxy groups -OCH3 is 1. The minimum Gasteiger partial charge on any atom is -0.380 e. The lowest BCUT2D eigenvalue weighted by Crippen LogP contribution is -2.23. The average molecular weight is 464 g/mol. The van der Waals surface area contributed by atoms with E-state index in [1.54, 1.807) is 7.11 Å². The lowest BCUT2D eigenvalue weighted by molar-refractivity contribution is 0.185. The molecule has 0 saturated heterocycles. The second-order valence-corrected chi connectivity index (χ2v) is 6.04. The molecule has 3 aromatic rings.